The summed E-state index contributed by atoms with van der Waals surface area (Å²) in [6.07, 6.45) is 7.73. The van der Waals surface area contributed by atoms with Crippen molar-refractivity contribution in [3.63, 3.8) is 0 Å². The fourth-order valence-corrected chi connectivity index (χ4v) is 3.63. The zero-order chi connectivity index (χ0) is 20.9. The van der Waals surface area contributed by atoms with Gasteiger partial charge in [0.15, 0.2) is 0 Å². The zero-order valence-electron chi connectivity index (χ0n) is 17.6. The highest BCUT2D eigenvalue weighted by Gasteiger charge is 2.21. The van der Waals surface area contributed by atoms with Gasteiger partial charge in [0.1, 0.15) is 11.8 Å². The molecule has 29 heavy (non-hydrogen) atoms. The summed E-state index contributed by atoms with van der Waals surface area (Å²) in [5.41, 5.74) is 0.724. The maximum absolute atomic E-state index is 12.7. The molecule has 1 fully saturated rings. The van der Waals surface area contributed by atoms with Crippen molar-refractivity contribution in [2.75, 3.05) is 25.0 Å². The Bertz CT molecular complexity index is 642. The van der Waals surface area contributed by atoms with E-state index in [1.54, 1.807) is 6.92 Å². The van der Waals surface area contributed by atoms with E-state index in [-0.39, 0.29) is 17.6 Å². The number of nitrogens with one attached hydrogen (secondary N) is 2. The maximum atomic E-state index is 12.7. The maximum Gasteiger partial charge on any atom is 0.246 e. The fourth-order valence-electron chi connectivity index (χ4n) is 3.63. The summed E-state index contributed by atoms with van der Waals surface area (Å²) in [5, 5.41) is 5.83. The molecule has 0 bridgehead atoms. The number of carbonyl (C=O) groups is 3. The molecule has 1 heterocycles. The first kappa shape index (κ1) is 23.1. The number of piperidine rings is 1. The molecule has 0 radical (unpaired) electrons. The number of unbranched alkanes of at least 4 members (excludes halogenated alkanes) is 2. The van der Waals surface area contributed by atoms with Gasteiger partial charge in [-0.15, -0.1) is 0 Å². The molecule has 2 rings (SSSR count). The molecule has 6 nitrogen and oxygen atoms in total. The van der Waals surface area contributed by atoms with E-state index < -0.39 is 6.04 Å². The highest BCUT2D eigenvalue weighted by Crippen LogP contribution is 2.12. The Balaban J connectivity index is 1.83. The van der Waals surface area contributed by atoms with E-state index in [4.69, 9.17) is 0 Å². The normalized spacial score (nSPS) is 15.5. The number of rotatable bonds is 12. The van der Waals surface area contributed by atoms with Crippen LogP contribution in [0.3, 0.4) is 0 Å². The zero-order valence-corrected chi connectivity index (χ0v) is 17.6. The molecule has 0 aliphatic carbocycles. The Morgan fingerprint density at radius 2 is 1.69 bits per heavy atom. The van der Waals surface area contributed by atoms with Gasteiger partial charge in [0.25, 0.3) is 0 Å². The van der Waals surface area contributed by atoms with Crippen LogP contribution in [0.15, 0.2) is 30.3 Å². The molecule has 6 heteroatoms. The third-order valence-corrected chi connectivity index (χ3v) is 5.32. The van der Waals surface area contributed by atoms with Crippen molar-refractivity contribution in [3.8, 4) is 0 Å². The lowest BCUT2D eigenvalue weighted by Gasteiger charge is -2.26. The van der Waals surface area contributed by atoms with E-state index in [0.29, 0.717) is 19.3 Å². The van der Waals surface area contributed by atoms with E-state index in [0.717, 1.165) is 44.6 Å². The van der Waals surface area contributed by atoms with Crippen molar-refractivity contribution in [1.82, 2.24) is 10.2 Å². The number of likely N-dealkylation sites (tertiary alicyclic amines) is 1. The lowest BCUT2D eigenvalue weighted by atomic mass is 10.0. The number of Topliss-reactive ketones (excluding diaryl/α,β-unsaturated/α-hetero) is 1. The Labute approximate surface area is 174 Å². The van der Waals surface area contributed by atoms with Crippen LogP contribution in [0.4, 0.5) is 5.69 Å². The highest BCUT2D eigenvalue weighted by molar-refractivity contribution is 5.97. The van der Waals surface area contributed by atoms with E-state index in [1.807, 2.05) is 30.3 Å². The molecule has 0 saturated carbocycles. The van der Waals surface area contributed by atoms with Gasteiger partial charge in [-0.1, -0.05) is 37.5 Å². The van der Waals surface area contributed by atoms with Crippen LogP contribution in [0, 0.1) is 0 Å². The van der Waals surface area contributed by atoms with Crippen molar-refractivity contribution in [1.29, 1.82) is 0 Å². The molecule has 0 spiro atoms. The van der Waals surface area contributed by atoms with E-state index in [2.05, 4.69) is 15.5 Å². The predicted molar refractivity (Wildman–Crippen MR) is 116 cm³/mol. The minimum atomic E-state index is -0.554. The molecule has 1 aromatic rings. The lowest BCUT2D eigenvalue weighted by molar-refractivity contribution is -0.126. The van der Waals surface area contributed by atoms with Gasteiger partial charge in [0.2, 0.25) is 11.8 Å². The topological polar surface area (TPSA) is 78.5 Å². The first-order valence-electron chi connectivity index (χ1n) is 10.9. The van der Waals surface area contributed by atoms with Gasteiger partial charge in [-0.05, 0) is 57.8 Å². The monoisotopic (exact) mass is 401 g/mol. The largest absolute Gasteiger partial charge is 0.344 e. The number of amides is 2. The summed E-state index contributed by atoms with van der Waals surface area (Å²) in [4.78, 5) is 38.6. The van der Waals surface area contributed by atoms with Crippen molar-refractivity contribution >= 4 is 23.3 Å². The molecule has 1 aliphatic heterocycles. The summed E-state index contributed by atoms with van der Waals surface area (Å²) < 4.78 is 0. The van der Waals surface area contributed by atoms with Gasteiger partial charge in [-0.25, -0.2) is 0 Å². The van der Waals surface area contributed by atoms with Crippen molar-refractivity contribution < 1.29 is 14.4 Å². The van der Waals surface area contributed by atoms with Crippen LogP contribution in [-0.4, -0.2) is 48.2 Å². The van der Waals surface area contributed by atoms with Crippen LogP contribution >= 0.6 is 0 Å². The molecule has 0 aromatic heterocycles. The van der Waals surface area contributed by atoms with Crippen LogP contribution < -0.4 is 10.6 Å². The molecular weight excluding hydrogens is 366 g/mol. The van der Waals surface area contributed by atoms with Crippen LogP contribution in [-0.2, 0) is 14.4 Å². The smallest absolute Gasteiger partial charge is 0.246 e. The number of carbonyl (C=O) groups excluding carboxylic acids is 3. The van der Waals surface area contributed by atoms with Gasteiger partial charge in [0.05, 0.1) is 0 Å². The third-order valence-electron chi connectivity index (χ3n) is 5.32. The Morgan fingerprint density at radius 3 is 2.38 bits per heavy atom. The summed E-state index contributed by atoms with van der Waals surface area (Å²) in [7, 11) is 0. The number of benzene rings is 1. The van der Waals surface area contributed by atoms with Gasteiger partial charge >= 0.3 is 0 Å². The van der Waals surface area contributed by atoms with Gasteiger partial charge < -0.3 is 20.3 Å². The minimum Gasteiger partial charge on any atom is -0.344 e. The molecule has 1 saturated heterocycles. The van der Waals surface area contributed by atoms with Crippen LogP contribution in [0.2, 0.25) is 0 Å². The number of hydrogen-bond acceptors (Lipinski definition) is 4. The molecule has 0 unspecified atom stereocenters. The second-order valence-corrected chi connectivity index (χ2v) is 7.93. The molecule has 2 amide bonds. The number of nitrogens with zero attached hydrogens (tertiary/aromatic N) is 1. The van der Waals surface area contributed by atoms with Gasteiger partial charge in [0, 0.05) is 25.1 Å². The molecule has 1 atom stereocenters. The van der Waals surface area contributed by atoms with Crippen LogP contribution in [0.1, 0.15) is 64.7 Å². The second kappa shape index (κ2) is 13.1. The third kappa shape index (κ3) is 9.70. The fraction of sp³-hybridized carbons (Fsp3) is 0.609. The average molecular weight is 402 g/mol. The van der Waals surface area contributed by atoms with Crippen molar-refractivity contribution in [2.24, 2.45) is 0 Å². The Kier molecular flexibility index (Phi) is 10.4. The van der Waals surface area contributed by atoms with E-state index in [9.17, 15) is 14.4 Å². The molecule has 2 N–H and O–H groups in total. The SMILES string of the molecule is CC(=O)CCCCC[C@H](NC(=O)CCN1CCCCC1)C(=O)Nc1ccccc1. The van der Waals surface area contributed by atoms with Gasteiger partial charge in [-0.3, -0.25) is 9.59 Å². The van der Waals surface area contributed by atoms with Crippen LogP contribution in [0.25, 0.3) is 0 Å². The average Bonchev–Trinajstić information content (AvgIpc) is 2.72. The second-order valence-electron chi connectivity index (χ2n) is 7.93. The molecule has 1 aromatic carbocycles. The standard InChI is InChI=1S/C23H35N3O3/c1-19(27)11-5-2-8-14-21(23(29)24-20-12-6-3-7-13-20)25-22(28)15-18-26-16-9-4-10-17-26/h3,6-7,12-13,21H,2,4-5,8-11,14-18H2,1H3,(H,24,29)(H,25,28)/t21-/m0/s1. The summed E-state index contributed by atoms with van der Waals surface area (Å²) >= 11 is 0. The van der Waals surface area contributed by atoms with Crippen molar-refractivity contribution in [2.45, 2.75) is 70.8 Å². The molecular formula is C23H35N3O3. The Morgan fingerprint density at radius 1 is 0.966 bits per heavy atom. The highest BCUT2D eigenvalue weighted by atomic mass is 16.2. The first-order valence-corrected chi connectivity index (χ1v) is 10.9. The minimum absolute atomic E-state index is 0.0764. The molecule has 160 valence electrons. The van der Waals surface area contributed by atoms with Gasteiger partial charge in [-0.2, -0.15) is 0 Å². The first-order chi connectivity index (χ1) is 14.0. The van der Waals surface area contributed by atoms with E-state index in [1.165, 1.54) is 19.3 Å². The Hall–Kier alpha value is -2.21. The van der Waals surface area contributed by atoms with E-state index >= 15 is 0 Å². The quantitative estimate of drug-likeness (QED) is 0.525. The molecule has 1 aliphatic rings. The van der Waals surface area contributed by atoms with Crippen molar-refractivity contribution in [3.05, 3.63) is 30.3 Å². The predicted octanol–water partition coefficient (Wildman–Crippen LogP) is 3.53. The number of hydrogen-bond donors (Lipinski definition) is 2. The summed E-state index contributed by atoms with van der Waals surface area (Å²) in [6, 6.07) is 8.74. The number of anilines is 1. The summed E-state index contributed by atoms with van der Waals surface area (Å²) in [5.74, 6) is -0.0732. The number of ketones is 1. The van der Waals surface area contributed by atoms with Crippen LogP contribution in [0.5, 0.6) is 0 Å². The number of para-hydroxylation sites is 1. The lowest BCUT2D eigenvalue weighted by Crippen LogP contribution is -2.45. The summed E-state index contributed by atoms with van der Waals surface area (Å²) in [6.45, 7) is 4.46.